The zero-order valence-corrected chi connectivity index (χ0v) is 15.9. The van der Waals surface area contributed by atoms with E-state index in [1.165, 1.54) is 41.4 Å². The van der Waals surface area contributed by atoms with Crippen molar-refractivity contribution in [1.82, 2.24) is 9.21 Å². The molecule has 1 heterocycles. The van der Waals surface area contributed by atoms with Crippen molar-refractivity contribution in [3.8, 4) is 0 Å². The fraction of sp³-hybridized carbons (Fsp3) is 0.579. The highest BCUT2D eigenvalue weighted by molar-refractivity contribution is 7.89. The van der Waals surface area contributed by atoms with Gasteiger partial charge in [-0.05, 0) is 48.9 Å². The van der Waals surface area contributed by atoms with E-state index in [0.29, 0.717) is 24.9 Å². The van der Waals surface area contributed by atoms with Crippen molar-refractivity contribution < 1.29 is 23.1 Å². The number of piperazine rings is 1. The molecule has 0 spiro atoms. The summed E-state index contributed by atoms with van der Waals surface area (Å²) < 4.78 is 26.9. The second kappa shape index (κ2) is 6.91. The third kappa shape index (κ3) is 3.36. The standard InChI is InChI=1S/C19H24N2O5S/c22-18(17-15-3-1-2-4-16(15)17)20-9-11-21(12-10-20)27(25,26)14-7-5-13(6-8-14)19(23)24/h5-8,15-17H,1-4,9-12H2,(H,23,24). The maximum absolute atomic E-state index is 12.8. The predicted octanol–water partition coefficient (Wildman–Crippen LogP) is 1.65. The third-order valence-electron chi connectivity index (χ3n) is 6.23. The van der Waals surface area contributed by atoms with Crippen molar-refractivity contribution >= 4 is 21.9 Å². The van der Waals surface area contributed by atoms with Crippen molar-refractivity contribution in [1.29, 1.82) is 0 Å². The molecule has 2 unspecified atom stereocenters. The number of hydrogen-bond donors (Lipinski definition) is 1. The molecule has 4 rings (SSSR count). The van der Waals surface area contributed by atoms with Crippen LogP contribution in [0.4, 0.5) is 0 Å². The Bertz CT molecular complexity index is 831. The summed E-state index contributed by atoms with van der Waals surface area (Å²) in [6.45, 7) is 1.38. The normalized spacial score (nSPS) is 28.4. The molecule has 3 aliphatic rings. The van der Waals surface area contributed by atoms with E-state index < -0.39 is 16.0 Å². The zero-order valence-electron chi connectivity index (χ0n) is 15.1. The van der Waals surface area contributed by atoms with Gasteiger partial charge >= 0.3 is 5.97 Å². The first kappa shape index (κ1) is 18.4. The van der Waals surface area contributed by atoms with Crippen molar-refractivity contribution in [3.63, 3.8) is 0 Å². The van der Waals surface area contributed by atoms with Gasteiger partial charge in [0, 0.05) is 32.1 Å². The van der Waals surface area contributed by atoms with Crippen LogP contribution in [0.1, 0.15) is 36.0 Å². The van der Waals surface area contributed by atoms with Gasteiger partial charge in [-0.15, -0.1) is 0 Å². The summed E-state index contributed by atoms with van der Waals surface area (Å²) in [5, 5.41) is 8.94. The van der Waals surface area contributed by atoms with Gasteiger partial charge in [0.05, 0.1) is 10.5 Å². The fourth-order valence-corrected chi connectivity index (χ4v) is 6.06. The number of nitrogens with zero attached hydrogens (tertiary/aromatic N) is 2. The fourth-order valence-electron chi connectivity index (χ4n) is 4.64. The molecule has 1 saturated heterocycles. The lowest BCUT2D eigenvalue weighted by molar-refractivity contribution is -0.134. The molecule has 2 atom stereocenters. The molecule has 1 aromatic rings. The highest BCUT2D eigenvalue weighted by atomic mass is 32.2. The monoisotopic (exact) mass is 392 g/mol. The molecule has 1 aliphatic heterocycles. The Morgan fingerprint density at radius 1 is 0.926 bits per heavy atom. The average molecular weight is 392 g/mol. The van der Waals surface area contributed by atoms with Gasteiger partial charge in [0.15, 0.2) is 0 Å². The molecule has 7 nitrogen and oxygen atoms in total. The lowest BCUT2D eigenvalue weighted by Crippen LogP contribution is -2.51. The van der Waals surface area contributed by atoms with Gasteiger partial charge < -0.3 is 10.0 Å². The molecule has 8 heteroatoms. The number of carbonyl (C=O) groups excluding carboxylic acids is 1. The minimum absolute atomic E-state index is 0.0512. The Kier molecular flexibility index (Phi) is 4.71. The summed E-state index contributed by atoms with van der Waals surface area (Å²) in [6, 6.07) is 5.24. The number of carboxylic acids is 1. The number of rotatable bonds is 4. The van der Waals surface area contributed by atoms with Gasteiger partial charge in [-0.3, -0.25) is 4.79 Å². The molecule has 1 amide bonds. The van der Waals surface area contributed by atoms with Gasteiger partial charge in [-0.2, -0.15) is 4.31 Å². The predicted molar refractivity (Wildman–Crippen MR) is 97.7 cm³/mol. The first-order chi connectivity index (χ1) is 12.9. The second-order valence-electron chi connectivity index (χ2n) is 7.70. The van der Waals surface area contributed by atoms with E-state index in [9.17, 15) is 18.0 Å². The largest absolute Gasteiger partial charge is 0.478 e. The maximum atomic E-state index is 12.8. The lowest BCUT2D eigenvalue weighted by atomic mass is 10.0. The van der Waals surface area contributed by atoms with E-state index in [2.05, 4.69) is 0 Å². The van der Waals surface area contributed by atoms with Gasteiger partial charge in [0.2, 0.25) is 15.9 Å². The molecule has 1 N–H and O–H groups in total. The molecule has 2 aliphatic carbocycles. The zero-order chi connectivity index (χ0) is 19.2. The number of amides is 1. The smallest absolute Gasteiger partial charge is 0.335 e. The molecule has 2 saturated carbocycles. The molecule has 0 radical (unpaired) electrons. The number of benzene rings is 1. The quantitative estimate of drug-likeness (QED) is 0.841. The highest BCUT2D eigenvalue weighted by Gasteiger charge is 2.55. The Balaban J connectivity index is 1.38. The number of carboxylic acid groups (broad SMARTS) is 1. The van der Waals surface area contributed by atoms with Crippen molar-refractivity contribution in [2.75, 3.05) is 26.2 Å². The molecule has 3 fully saturated rings. The third-order valence-corrected chi connectivity index (χ3v) is 8.14. The van der Waals surface area contributed by atoms with E-state index in [-0.39, 0.29) is 35.4 Å². The van der Waals surface area contributed by atoms with Crippen LogP contribution >= 0.6 is 0 Å². The Morgan fingerprint density at radius 3 is 2.00 bits per heavy atom. The summed E-state index contributed by atoms with van der Waals surface area (Å²) in [4.78, 5) is 25.6. The van der Waals surface area contributed by atoms with Gasteiger partial charge in [-0.1, -0.05) is 12.8 Å². The summed E-state index contributed by atoms with van der Waals surface area (Å²) in [5.74, 6) is 0.391. The van der Waals surface area contributed by atoms with Crippen LogP contribution in [0.3, 0.4) is 0 Å². The van der Waals surface area contributed by atoms with Crippen molar-refractivity contribution in [2.24, 2.45) is 17.8 Å². The summed E-state index contributed by atoms with van der Waals surface area (Å²) in [7, 11) is -3.68. The topological polar surface area (TPSA) is 95.0 Å². The van der Waals surface area contributed by atoms with E-state index in [4.69, 9.17) is 5.11 Å². The van der Waals surface area contributed by atoms with Gasteiger partial charge in [0.1, 0.15) is 0 Å². The lowest BCUT2D eigenvalue weighted by Gasteiger charge is -2.34. The van der Waals surface area contributed by atoms with Crippen LogP contribution in [0.5, 0.6) is 0 Å². The van der Waals surface area contributed by atoms with E-state index in [1.54, 1.807) is 0 Å². The van der Waals surface area contributed by atoms with Crippen molar-refractivity contribution in [3.05, 3.63) is 29.8 Å². The Hall–Kier alpha value is -1.93. The minimum atomic E-state index is -3.68. The maximum Gasteiger partial charge on any atom is 0.335 e. The first-order valence-corrected chi connectivity index (χ1v) is 11.0. The number of aromatic carboxylic acids is 1. The van der Waals surface area contributed by atoms with Crippen LogP contribution in [0.2, 0.25) is 0 Å². The SMILES string of the molecule is O=C(O)c1ccc(S(=O)(=O)N2CCN(C(=O)C3C4CCCCC43)CC2)cc1. The number of fused-ring (bicyclic) bond motifs is 1. The van der Waals surface area contributed by atoms with Crippen LogP contribution in [0.15, 0.2) is 29.2 Å². The summed E-state index contributed by atoms with van der Waals surface area (Å²) in [5.41, 5.74) is 0.0512. The summed E-state index contributed by atoms with van der Waals surface area (Å²) >= 11 is 0. The van der Waals surface area contributed by atoms with Crippen LogP contribution in [-0.4, -0.2) is 60.8 Å². The van der Waals surface area contributed by atoms with Crippen LogP contribution in [0.25, 0.3) is 0 Å². The minimum Gasteiger partial charge on any atom is -0.478 e. The van der Waals surface area contributed by atoms with Gasteiger partial charge in [0.25, 0.3) is 0 Å². The van der Waals surface area contributed by atoms with Gasteiger partial charge in [-0.25, -0.2) is 13.2 Å². The Labute approximate surface area is 159 Å². The van der Waals surface area contributed by atoms with E-state index in [1.807, 2.05) is 4.90 Å². The molecule has 0 bridgehead atoms. The van der Waals surface area contributed by atoms with E-state index in [0.717, 1.165) is 12.8 Å². The number of hydrogen-bond acceptors (Lipinski definition) is 4. The first-order valence-electron chi connectivity index (χ1n) is 9.52. The molecular formula is C19H24N2O5S. The molecule has 146 valence electrons. The second-order valence-corrected chi connectivity index (χ2v) is 9.63. The average Bonchev–Trinajstić information content (AvgIpc) is 3.42. The molecule has 0 aromatic heterocycles. The number of sulfonamides is 1. The van der Waals surface area contributed by atoms with Crippen LogP contribution in [0, 0.1) is 17.8 Å². The summed E-state index contributed by atoms with van der Waals surface area (Å²) in [6.07, 6.45) is 4.75. The molecule has 27 heavy (non-hydrogen) atoms. The van der Waals surface area contributed by atoms with E-state index >= 15 is 0 Å². The highest BCUT2D eigenvalue weighted by Crippen LogP contribution is 2.56. The molecular weight excluding hydrogens is 368 g/mol. The molecule has 1 aromatic carbocycles. The Morgan fingerprint density at radius 2 is 1.48 bits per heavy atom. The van der Waals surface area contributed by atoms with Crippen molar-refractivity contribution in [2.45, 2.75) is 30.6 Å². The van der Waals surface area contributed by atoms with Crippen LogP contribution in [-0.2, 0) is 14.8 Å². The van der Waals surface area contributed by atoms with Crippen LogP contribution < -0.4 is 0 Å². The number of carbonyl (C=O) groups is 2.